The summed E-state index contributed by atoms with van der Waals surface area (Å²) in [5, 5.41) is 5.39. The fourth-order valence-electron chi connectivity index (χ4n) is 2.11. The van der Waals surface area contributed by atoms with E-state index < -0.39 is 6.03 Å². The number of primary amides is 1. The van der Waals surface area contributed by atoms with Gasteiger partial charge in [0.25, 0.3) is 0 Å². The number of nitrogens with one attached hydrogen (secondary N) is 2. The third kappa shape index (κ3) is 5.62. The van der Waals surface area contributed by atoms with Crippen molar-refractivity contribution in [3.63, 3.8) is 0 Å². The van der Waals surface area contributed by atoms with Crippen molar-refractivity contribution in [1.82, 2.24) is 5.32 Å². The molecule has 0 saturated carbocycles. The summed E-state index contributed by atoms with van der Waals surface area (Å²) in [6, 6.07) is 12.8. The number of thioether (sulfide) groups is 1. The zero-order valence-corrected chi connectivity index (χ0v) is 14.6. The topological polar surface area (TPSA) is 84.2 Å². The lowest BCUT2D eigenvalue weighted by molar-refractivity contribution is -0.118. The minimum atomic E-state index is -0.598. The molecular formula is C18H21N3O2S. The summed E-state index contributed by atoms with van der Waals surface area (Å²) in [5.74, 6) is 0.367. The van der Waals surface area contributed by atoms with Crippen molar-refractivity contribution in [2.75, 3.05) is 11.1 Å². The number of amides is 3. The molecule has 0 bridgehead atoms. The van der Waals surface area contributed by atoms with E-state index in [2.05, 4.69) is 28.8 Å². The number of aryl methyl sites for hydroxylation is 2. The van der Waals surface area contributed by atoms with Crippen LogP contribution in [0.5, 0.6) is 0 Å². The zero-order valence-electron chi connectivity index (χ0n) is 13.8. The highest BCUT2D eigenvalue weighted by atomic mass is 32.2. The number of hydrogen-bond acceptors (Lipinski definition) is 3. The predicted molar refractivity (Wildman–Crippen MR) is 98.1 cm³/mol. The Morgan fingerprint density at radius 1 is 1.08 bits per heavy atom. The monoisotopic (exact) mass is 343 g/mol. The van der Waals surface area contributed by atoms with Gasteiger partial charge in [0.2, 0.25) is 5.91 Å². The molecule has 0 aliphatic rings. The minimum absolute atomic E-state index is 0.0137. The normalized spacial score (nSPS) is 10.2. The van der Waals surface area contributed by atoms with E-state index in [4.69, 9.17) is 5.73 Å². The molecular weight excluding hydrogens is 322 g/mol. The average molecular weight is 343 g/mol. The number of carbonyl (C=O) groups is 2. The number of anilines is 1. The van der Waals surface area contributed by atoms with Crippen LogP contribution in [0.3, 0.4) is 0 Å². The first-order valence-corrected chi connectivity index (χ1v) is 8.55. The summed E-state index contributed by atoms with van der Waals surface area (Å²) in [4.78, 5) is 23.9. The van der Waals surface area contributed by atoms with Gasteiger partial charge in [-0.1, -0.05) is 29.8 Å². The molecule has 0 saturated heterocycles. The molecule has 126 valence electrons. The summed E-state index contributed by atoms with van der Waals surface area (Å²) >= 11 is 1.54. The second-order valence-corrected chi connectivity index (χ2v) is 6.54. The number of benzene rings is 2. The number of carbonyl (C=O) groups excluding carboxylic acids is 2. The fraction of sp³-hybridized carbons (Fsp3) is 0.222. The van der Waals surface area contributed by atoms with Crippen molar-refractivity contribution < 1.29 is 9.59 Å². The molecule has 2 aromatic carbocycles. The highest BCUT2D eigenvalue weighted by Gasteiger charge is 2.05. The second kappa shape index (κ2) is 8.40. The van der Waals surface area contributed by atoms with Crippen LogP contribution in [0.4, 0.5) is 10.5 Å². The summed E-state index contributed by atoms with van der Waals surface area (Å²) < 4.78 is 0. The highest BCUT2D eigenvalue weighted by molar-refractivity contribution is 8.00. The van der Waals surface area contributed by atoms with E-state index in [1.54, 1.807) is 23.9 Å². The van der Waals surface area contributed by atoms with Crippen molar-refractivity contribution in [2.24, 2.45) is 5.73 Å². The van der Waals surface area contributed by atoms with Gasteiger partial charge in [-0.05, 0) is 43.2 Å². The van der Waals surface area contributed by atoms with Crippen LogP contribution in [0.15, 0.2) is 47.4 Å². The van der Waals surface area contributed by atoms with E-state index in [1.807, 2.05) is 26.0 Å². The molecule has 2 aromatic rings. The quantitative estimate of drug-likeness (QED) is 0.704. The molecule has 3 amide bonds. The third-order valence-electron chi connectivity index (χ3n) is 3.41. The molecule has 0 unspecified atom stereocenters. The molecule has 5 nitrogen and oxygen atoms in total. The van der Waals surface area contributed by atoms with E-state index in [0.717, 1.165) is 10.5 Å². The molecule has 6 heteroatoms. The maximum atomic E-state index is 12.0. The van der Waals surface area contributed by atoms with Gasteiger partial charge in [-0.3, -0.25) is 4.79 Å². The zero-order chi connectivity index (χ0) is 17.5. The van der Waals surface area contributed by atoms with Gasteiger partial charge in [0, 0.05) is 17.1 Å². The molecule has 24 heavy (non-hydrogen) atoms. The average Bonchev–Trinajstić information content (AvgIpc) is 2.54. The van der Waals surface area contributed by atoms with Crippen molar-refractivity contribution in [1.29, 1.82) is 0 Å². The standard InChI is InChI=1S/C18H21N3O2S/c1-12-3-4-13(2)16(9-12)24-11-17(22)20-10-14-5-7-15(8-6-14)21-18(19)23/h3-9H,10-11H2,1-2H3,(H,20,22)(H3,19,21,23). The maximum absolute atomic E-state index is 12.0. The maximum Gasteiger partial charge on any atom is 0.316 e. The lowest BCUT2D eigenvalue weighted by Gasteiger charge is -2.08. The van der Waals surface area contributed by atoms with E-state index in [-0.39, 0.29) is 5.91 Å². The largest absolute Gasteiger partial charge is 0.351 e. The van der Waals surface area contributed by atoms with Crippen LogP contribution >= 0.6 is 11.8 Å². The SMILES string of the molecule is Cc1ccc(C)c(SCC(=O)NCc2ccc(NC(N)=O)cc2)c1. The number of rotatable bonds is 6. The molecule has 0 radical (unpaired) electrons. The fourth-order valence-corrected chi connectivity index (χ4v) is 3.06. The third-order valence-corrected chi connectivity index (χ3v) is 4.57. The van der Waals surface area contributed by atoms with E-state index in [0.29, 0.717) is 18.0 Å². The minimum Gasteiger partial charge on any atom is -0.351 e. The predicted octanol–water partition coefficient (Wildman–Crippen LogP) is 3.20. The van der Waals surface area contributed by atoms with Gasteiger partial charge in [0.1, 0.15) is 0 Å². The van der Waals surface area contributed by atoms with Gasteiger partial charge in [0.15, 0.2) is 0 Å². The Hall–Kier alpha value is -2.47. The Bertz CT molecular complexity index is 730. The molecule has 0 aliphatic heterocycles. The number of urea groups is 1. The van der Waals surface area contributed by atoms with Crippen LogP contribution in [0.2, 0.25) is 0 Å². The van der Waals surface area contributed by atoms with Gasteiger partial charge in [0.05, 0.1) is 5.75 Å². The van der Waals surface area contributed by atoms with Crippen LogP contribution in [0, 0.1) is 13.8 Å². The molecule has 0 spiro atoms. The Labute approximate surface area is 146 Å². The van der Waals surface area contributed by atoms with Gasteiger partial charge in [-0.25, -0.2) is 4.79 Å². The van der Waals surface area contributed by atoms with Crippen molar-refractivity contribution in [3.05, 3.63) is 59.2 Å². The summed E-state index contributed by atoms with van der Waals surface area (Å²) in [5.41, 5.74) is 9.00. The van der Waals surface area contributed by atoms with Crippen LogP contribution < -0.4 is 16.4 Å². The lowest BCUT2D eigenvalue weighted by Crippen LogP contribution is -2.24. The molecule has 0 fully saturated rings. The smallest absolute Gasteiger partial charge is 0.316 e. The molecule has 0 aliphatic carbocycles. The van der Waals surface area contributed by atoms with Crippen molar-refractivity contribution >= 4 is 29.4 Å². The molecule has 2 rings (SSSR count). The van der Waals surface area contributed by atoms with Crippen molar-refractivity contribution in [3.8, 4) is 0 Å². The summed E-state index contributed by atoms with van der Waals surface area (Å²) in [7, 11) is 0. The molecule has 0 aromatic heterocycles. The van der Waals surface area contributed by atoms with Gasteiger partial charge < -0.3 is 16.4 Å². The van der Waals surface area contributed by atoms with E-state index in [1.165, 1.54) is 11.1 Å². The molecule has 4 N–H and O–H groups in total. The molecule has 0 atom stereocenters. The Morgan fingerprint density at radius 3 is 2.46 bits per heavy atom. The Kier molecular flexibility index (Phi) is 6.26. The van der Waals surface area contributed by atoms with E-state index in [9.17, 15) is 9.59 Å². The van der Waals surface area contributed by atoms with Crippen molar-refractivity contribution in [2.45, 2.75) is 25.3 Å². The van der Waals surface area contributed by atoms with Crippen LogP contribution in [0.1, 0.15) is 16.7 Å². The summed E-state index contributed by atoms with van der Waals surface area (Å²) in [6.45, 7) is 4.53. The number of nitrogens with two attached hydrogens (primary N) is 1. The Balaban J connectivity index is 1.80. The van der Waals surface area contributed by atoms with Crippen LogP contribution in [-0.4, -0.2) is 17.7 Å². The first-order valence-electron chi connectivity index (χ1n) is 7.56. The van der Waals surface area contributed by atoms with Gasteiger partial charge in [-0.15, -0.1) is 11.8 Å². The Morgan fingerprint density at radius 2 is 1.79 bits per heavy atom. The van der Waals surface area contributed by atoms with Gasteiger partial charge in [-0.2, -0.15) is 0 Å². The highest BCUT2D eigenvalue weighted by Crippen LogP contribution is 2.23. The molecule has 0 heterocycles. The second-order valence-electron chi connectivity index (χ2n) is 5.52. The van der Waals surface area contributed by atoms with Crippen LogP contribution in [0.25, 0.3) is 0 Å². The lowest BCUT2D eigenvalue weighted by atomic mass is 10.2. The first kappa shape index (κ1) is 17.9. The first-order chi connectivity index (χ1) is 11.4. The van der Waals surface area contributed by atoms with E-state index >= 15 is 0 Å². The van der Waals surface area contributed by atoms with Crippen LogP contribution in [-0.2, 0) is 11.3 Å². The van der Waals surface area contributed by atoms with Gasteiger partial charge >= 0.3 is 6.03 Å². The number of hydrogen-bond donors (Lipinski definition) is 3. The summed E-state index contributed by atoms with van der Waals surface area (Å²) in [6.07, 6.45) is 0.